The van der Waals surface area contributed by atoms with Crippen LogP contribution in [0.25, 0.3) is 0 Å². The quantitative estimate of drug-likeness (QED) is 0.626. The van der Waals surface area contributed by atoms with E-state index in [0.717, 1.165) is 6.42 Å². The maximum Gasteiger partial charge on any atom is 0.184 e. The van der Waals surface area contributed by atoms with Gasteiger partial charge in [0.1, 0.15) is 6.10 Å². The van der Waals surface area contributed by atoms with Gasteiger partial charge in [-0.2, -0.15) is 0 Å². The molecular formula is C13H22O3. The van der Waals surface area contributed by atoms with E-state index in [1.807, 2.05) is 6.92 Å². The Hall–Kier alpha value is -0.670. The highest BCUT2D eigenvalue weighted by Crippen LogP contribution is 2.13. The molecule has 92 valence electrons. The zero-order valence-corrected chi connectivity index (χ0v) is 10.3. The average molecular weight is 226 g/mol. The van der Waals surface area contributed by atoms with Crippen molar-refractivity contribution < 1.29 is 14.3 Å². The molecule has 0 aromatic rings. The Morgan fingerprint density at radius 3 is 2.81 bits per heavy atom. The van der Waals surface area contributed by atoms with E-state index in [2.05, 4.69) is 6.92 Å². The highest BCUT2D eigenvalue weighted by Gasteiger charge is 2.23. The molecule has 1 heterocycles. The molecule has 0 saturated heterocycles. The number of ketones is 1. The van der Waals surface area contributed by atoms with E-state index in [1.165, 1.54) is 19.3 Å². The Balaban J connectivity index is 2.18. The summed E-state index contributed by atoms with van der Waals surface area (Å²) < 4.78 is 11.0. The fourth-order valence-electron chi connectivity index (χ4n) is 1.68. The Bertz CT molecular complexity index is 235. The minimum atomic E-state index is -0.329. The number of rotatable bonds is 7. The lowest BCUT2D eigenvalue weighted by atomic mass is 10.1. The van der Waals surface area contributed by atoms with Gasteiger partial charge >= 0.3 is 0 Å². The first kappa shape index (κ1) is 13.4. The maximum absolute atomic E-state index is 11.3. The number of hydrogen-bond donors (Lipinski definition) is 0. The SMILES string of the molecule is CCCCCCOC1C=CC(=O)C(CC)O1. The van der Waals surface area contributed by atoms with Crippen molar-refractivity contribution in [2.45, 2.75) is 58.3 Å². The fraction of sp³-hybridized carbons (Fsp3) is 0.769. The molecule has 0 aliphatic carbocycles. The Morgan fingerprint density at radius 1 is 1.31 bits per heavy atom. The second kappa shape index (κ2) is 7.58. The third kappa shape index (κ3) is 4.45. The van der Waals surface area contributed by atoms with Crippen molar-refractivity contribution in [2.24, 2.45) is 0 Å². The molecule has 0 saturated carbocycles. The van der Waals surface area contributed by atoms with Gasteiger partial charge in [-0.1, -0.05) is 33.1 Å². The molecule has 1 rings (SSSR count). The van der Waals surface area contributed by atoms with Crippen molar-refractivity contribution in [1.29, 1.82) is 0 Å². The Labute approximate surface area is 97.8 Å². The minimum absolute atomic E-state index is 0.0494. The minimum Gasteiger partial charge on any atom is -0.349 e. The van der Waals surface area contributed by atoms with Gasteiger partial charge in [-0.05, 0) is 25.0 Å². The van der Waals surface area contributed by atoms with Crippen molar-refractivity contribution in [3.63, 3.8) is 0 Å². The molecule has 0 fully saturated rings. The number of ether oxygens (including phenoxy) is 2. The van der Waals surface area contributed by atoms with E-state index in [4.69, 9.17) is 9.47 Å². The molecule has 0 N–H and O–H groups in total. The summed E-state index contributed by atoms with van der Waals surface area (Å²) in [5.41, 5.74) is 0. The van der Waals surface area contributed by atoms with Crippen molar-refractivity contribution in [2.75, 3.05) is 6.61 Å². The topological polar surface area (TPSA) is 35.5 Å². The van der Waals surface area contributed by atoms with Crippen molar-refractivity contribution in [3.8, 4) is 0 Å². The van der Waals surface area contributed by atoms with E-state index >= 15 is 0 Å². The predicted molar refractivity (Wildman–Crippen MR) is 63.2 cm³/mol. The van der Waals surface area contributed by atoms with Crippen LogP contribution < -0.4 is 0 Å². The first-order valence-electron chi connectivity index (χ1n) is 6.27. The molecule has 16 heavy (non-hydrogen) atoms. The van der Waals surface area contributed by atoms with Gasteiger partial charge in [-0.3, -0.25) is 4.79 Å². The second-order valence-electron chi connectivity index (χ2n) is 4.09. The van der Waals surface area contributed by atoms with Gasteiger partial charge in [-0.25, -0.2) is 0 Å². The standard InChI is InChI=1S/C13H22O3/c1-3-5-6-7-10-15-13-9-8-11(14)12(4-2)16-13/h8-9,12-13H,3-7,10H2,1-2H3. The molecule has 3 nitrogen and oxygen atoms in total. The molecule has 0 spiro atoms. The molecule has 1 aliphatic heterocycles. The third-order valence-electron chi connectivity index (χ3n) is 2.68. The summed E-state index contributed by atoms with van der Waals surface area (Å²) >= 11 is 0. The van der Waals surface area contributed by atoms with E-state index in [1.54, 1.807) is 12.2 Å². The van der Waals surface area contributed by atoms with E-state index in [9.17, 15) is 4.79 Å². The van der Waals surface area contributed by atoms with Gasteiger partial charge in [-0.15, -0.1) is 0 Å². The van der Waals surface area contributed by atoms with Crippen molar-refractivity contribution >= 4 is 5.78 Å². The molecule has 0 bridgehead atoms. The fourth-order valence-corrected chi connectivity index (χ4v) is 1.68. The number of hydrogen-bond acceptors (Lipinski definition) is 3. The summed E-state index contributed by atoms with van der Waals surface area (Å²) in [5.74, 6) is 0.0494. The third-order valence-corrected chi connectivity index (χ3v) is 2.68. The zero-order chi connectivity index (χ0) is 11.8. The van der Waals surface area contributed by atoms with Gasteiger partial charge in [0.15, 0.2) is 12.1 Å². The number of carbonyl (C=O) groups is 1. The van der Waals surface area contributed by atoms with Crippen LogP contribution in [0.3, 0.4) is 0 Å². The number of carbonyl (C=O) groups excluding carboxylic acids is 1. The van der Waals surface area contributed by atoms with Crippen molar-refractivity contribution in [1.82, 2.24) is 0 Å². The van der Waals surface area contributed by atoms with Crippen LogP contribution in [0, 0.1) is 0 Å². The predicted octanol–water partition coefficient (Wildman–Crippen LogP) is 2.84. The summed E-state index contributed by atoms with van der Waals surface area (Å²) in [6.45, 7) is 4.84. The van der Waals surface area contributed by atoms with E-state index < -0.39 is 0 Å². The van der Waals surface area contributed by atoms with Crippen LogP contribution in [0.2, 0.25) is 0 Å². The lowest BCUT2D eigenvalue weighted by Gasteiger charge is -2.24. The molecule has 0 radical (unpaired) electrons. The normalized spacial score (nSPS) is 25.0. The number of unbranched alkanes of at least 4 members (excludes halogenated alkanes) is 3. The highest BCUT2D eigenvalue weighted by molar-refractivity contribution is 5.94. The lowest BCUT2D eigenvalue weighted by molar-refractivity contribution is -0.163. The molecule has 0 amide bonds. The smallest absolute Gasteiger partial charge is 0.184 e. The average Bonchev–Trinajstić information content (AvgIpc) is 2.31. The van der Waals surface area contributed by atoms with Crippen LogP contribution >= 0.6 is 0 Å². The summed E-state index contributed by atoms with van der Waals surface area (Å²) in [6.07, 6.45) is 8.08. The summed E-state index contributed by atoms with van der Waals surface area (Å²) in [7, 11) is 0. The van der Waals surface area contributed by atoms with Crippen LogP contribution in [0.15, 0.2) is 12.2 Å². The van der Waals surface area contributed by atoms with E-state index in [-0.39, 0.29) is 18.2 Å². The molecule has 0 aromatic heterocycles. The Morgan fingerprint density at radius 2 is 2.12 bits per heavy atom. The first-order valence-corrected chi connectivity index (χ1v) is 6.27. The molecule has 1 aliphatic rings. The van der Waals surface area contributed by atoms with Gasteiger partial charge in [0.25, 0.3) is 0 Å². The molecule has 2 atom stereocenters. The Kier molecular flexibility index (Phi) is 6.34. The molecule has 3 heteroatoms. The van der Waals surface area contributed by atoms with Crippen LogP contribution in [0.1, 0.15) is 46.0 Å². The van der Waals surface area contributed by atoms with Crippen LogP contribution in [0.4, 0.5) is 0 Å². The summed E-state index contributed by atoms with van der Waals surface area (Å²) in [5, 5.41) is 0. The largest absolute Gasteiger partial charge is 0.349 e. The second-order valence-corrected chi connectivity index (χ2v) is 4.09. The van der Waals surface area contributed by atoms with Crippen LogP contribution in [-0.2, 0) is 14.3 Å². The maximum atomic E-state index is 11.3. The van der Waals surface area contributed by atoms with Crippen LogP contribution in [-0.4, -0.2) is 24.8 Å². The zero-order valence-electron chi connectivity index (χ0n) is 10.3. The van der Waals surface area contributed by atoms with Crippen LogP contribution in [0.5, 0.6) is 0 Å². The molecular weight excluding hydrogens is 204 g/mol. The summed E-state index contributed by atoms with van der Waals surface area (Å²) in [6, 6.07) is 0. The lowest BCUT2D eigenvalue weighted by Crippen LogP contribution is -2.32. The highest BCUT2D eigenvalue weighted by atomic mass is 16.7. The van der Waals surface area contributed by atoms with Gasteiger partial charge in [0.05, 0.1) is 6.61 Å². The monoisotopic (exact) mass is 226 g/mol. The van der Waals surface area contributed by atoms with Gasteiger partial charge < -0.3 is 9.47 Å². The van der Waals surface area contributed by atoms with Gasteiger partial charge in [0.2, 0.25) is 0 Å². The van der Waals surface area contributed by atoms with Crippen molar-refractivity contribution in [3.05, 3.63) is 12.2 Å². The van der Waals surface area contributed by atoms with Gasteiger partial charge in [0, 0.05) is 0 Å². The molecule has 0 aromatic carbocycles. The molecule has 2 unspecified atom stereocenters. The first-order chi connectivity index (χ1) is 7.77. The summed E-state index contributed by atoms with van der Waals surface area (Å²) in [4.78, 5) is 11.3. The van der Waals surface area contributed by atoms with E-state index in [0.29, 0.717) is 13.0 Å².